The first kappa shape index (κ1) is 19.0. The van der Waals surface area contributed by atoms with E-state index in [0.29, 0.717) is 13.2 Å². The number of nitrogens with zero attached hydrogens (tertiary/aromatic N) is 3. The molecule has 1 aliphatic heterocycles. The van der Waals surface area contributed by atoms with Crippen molar-refractivity contribution in [1.29, 1.82) is 0 Å². The molecule has 0 unspecified atom stereocenters. The Morgan fingerprint density at radius 3 is 2.64 bits per heavy atom. The van der Waals surface area contributed by atoms with Gasteiger partial charge in [-0.3, -0.25) is 9.69 Å². The summed E-state index contributed by atoms with van der Waals surface area (Å²) in [5, 5.41) is 1.68. The maximum atomic E-state index is 13.2. The highest BCUT2D eigenvalue weighted by molar-refractivity contribution is 6.09. The maximum absolute atomic E-state index is 13.2. The van der Waals surface area contributed by atoms with Crippen LogP contribution < -0.4 is 10.3 Å². The van der Waals surface area contributed by atoms with Gasteiger partial charge in [-0.05, 0) is 12.1 Å². The van der Waals surface area contributed by atoms with Crippen molar-refractivity contribution in [2.75, 3.05) is 53.7 Å². The third-order valence-electron chi connectivity index (χ3n) is 5.47. The minimum absolute atomic E-state index is 0.0120. The average molecular weight is 385 g/mol. The molecule has 0 saturated carbocycles. The number of aromatic nitrogens is 2. The molecule has 0 spiro atoms. The number of methoxy groups -OCH3 is 2. The smallest absolute Gasteiger partial charge is 0.260 e. The Kier molecular flexibility index (Phi) is 5.66. The monoisotopic (exact) mass is 385 g/mol. The van der Waals surface area contributed by atoms with Crippen molar-refractivity contribution in [2.45, 2.75) is 13.1 Å². The molecule has 0 atom stereocenters. The van der Waals surface area contributed by atoms with Gasteiger partial charge in [0.15, 0.2) is 0 Å². The average Bonchev–Trinajstić information content (AvgIpc) is 3.07. The summed E-state index contributed by atoms with van der Waals surface area (Å²) < 4.78 is 20.2. The van der Waals surface area contributed by atoms with Crippen LogP contribution in [0.1, 0.15) is 0 Å². The van der Waals surface area contributed by atoms with Crippen LogP contribution in [0.25, 0.3) is 21.8 Å². The fraction of sp³-hybridized carbons (Fsp3) is 0.476. The molecule has 3 aromatic rings. The molecule has 7 nitrogen and oxygen atoms in total. The molecule has 0 amide bonds. The molecule has 28 heavy (non-hydrogen) atoms. The molecule has 1 fully saturated rings. The zero-order valence-corrected chi connectivity index (χ0v) is 16.5. The second-order valence-electron chi connectivity index (χ2n) is 7.03. The predicted molar refractivity (Wildman–Crippen MR) is 109 cm³/mol. The lowest BCUT2D eigenvalue weighted by Gasteiger charge is -2.27. The molecule has 0 radical (unpaired) electrons. The molecule has 1 aliphatic rings. The van der Waals surface area contributed by atoms with Crippen molar-refractivity contribution in [1.82, 2.24) is 14.0 Å². The van der Waals surface area contributed by atoms with Crippen LogP contribution in [0, 0.1) is 0 Å². The van der Waals surface area contributed by atoms with Crippen LogP contribution in [0.2, 0.25) is 0 Å². The largest absolute Gasteiger partial charge is 0.495 e. The van der Waals surface area contributed by atoms with Crippen molar-refractivity contribution >= 4 is 21.8 Å². The van der Waals surface area contributed by atoms with E-state index >= 15 is 0 Å². The molecule has 7 heteroatoms. The van der Waals surface area contributed by atoms with Gasteiger partial charge in [-0.1, -0.05) is 12.1 Å². The number of hydrogen-bond acceptors (Lipinski definition) is 5. The van der Waals surface area contributed by atoms with Crippen LogP contribution >= 0.6 is 0 Å². The van der Waals surface area contributed by atoms with Gasteiger partial charge in [-0.2, -0.15) is 0 Å². The number of para-hydroxylation sites is 1. The topological polar surface area (TPSA) is 57.9 Å². The van der Waals surface area contributed by atoms with Gasteiger partial charge in [0.1, 0.15) is 5.75 Å². The molecule has 0 N–H and O–H groups in total. The van der Waals surface area contributed by atoms with Crippen molar-refractivity contribution in [3.63, 3.8) is 0 Å². The van der Waals surface area contributed by atoms with E-state index in [2.05, 4.69) is 9.47 Å². The fourth-order valence-electron chi connectivity index (χ4n) is 3.99. The maximum Gasteiger partial charge on any atom is 0.260 e. The van der Waals surface area contributed by atoms with E-state index < -0.39 is 0 Å². The Bertz CT molecular complexity index is 1020. The first-order valence-corrected chi connectivity index (χ1v) is 9.72. The van der Waals surface area contributed by atoms with Crippen molar-refractivity contribution in [3.8, 4) is 5.75 Å². The lowest BCUT2D eigenvalue weighted by Crippen LogP contribution is -2.38. The fourth-order valence-corrected chi connectivity index (χ4v) is 3.99. The summed E-state index contributed by atoms with van der Waals surface area (Å²) in [7, 11) is 3.32. The van der Waals surface area contributed by atoms with E-state index in [-0.39, 0.29) is 5.56 Å². The molecule has 1 aromatic carbocycles. The van der Waals surface area contributed by atoms with Crippen molar-refractivity contribution in [3.05, 3.63) is 40.8 Å². The summed E-state index contributed by atoms with van der Waals surface area (Å²) in [6, 6.07) is 7.94. The number of pyridine rings is 1. The van der Waals surface area contributed by atoms with Gasteiger partial charge in [0, 0.05) is 51.4 Å². The van der Waals surface area contributed by atoms with Gasteiger partial charge >= 0.3 is 0 Å². The Morgan fingerprint density at radius 1 is 1.07 bits per heavy atom. The van der Waals surface area contributed by atoms with E-state index in [0.717, 1.165) is 66.9 Å². The third kappa shape index (κ3) is 3.41. The normalized spacial score (nSPS) is 15.5. The van der Waals surface area contributed by atoms with E-state index in [9.17, 15) is 4.79 Å². The number of hydrogen-bond donors (Lipinski definition) is 0. The van der Waals surface area contributed by atoms with E-state index in [1.54, 1.807) is 18.8 Å². The van der Waals surface area contributed by atoms with Gasteiger partial charge in [0.2, 0.25) is 0 Å². The van der Waals surface area contributed by atoms with E-state index in [1.807, 2.05) is 30.5 Å². The zero-order chi connectivity index (χ0) is 19.5. The second-order valence-corrected chi connectivity index (χ2v) is 7.03. The quantitative estimate of drug-likeness (QED) is 0.622. The molecule has 150 valence electrons. The number of rotatable bonds is 7. The minimum atomic E-state index is 0.0120. The summed E-state index contributed by atoms with van der Waals surface area (Å²) in [4.78, 5) is 15.6. The first-order valence-electron chi connectivity index (χ1n) is 9.72. The zero-order valence-electron chi connectivity index (χ0n) is 16.5. The van der Waals surface area contributed by atoms with Gasteiger partial charge in [-0.25, -0.2) is 0 Å². The second kappa shape index (κ2) is 8.34. The van der Waals surface area contributed by atoms with Crippen LogP contribution in [0.3, 0.4) is 0 Å². The van der Waals surface area contributed by atoms with Gasteiger partial charge in [0.25, 0.3) is 5.56 Å². The lowest BCUT2D eigenvalue weighted by molar-refractivity contribution is 0.0366. The summed E-state index contributed by atoms with van der Waals surface area (Å²) in [5.74, 6) is 0.790. The van der Waals surface area contributed by atoms with Crippen LogP contribution in [-0.4, -0.2) is 67.7 Å². The highest BCUT2D eigenvalue weighted by Gasteiger charge is 2.19. The van der Waals surface area contributed by atoms with Crippen LogP contribution in [-0.2, 0) is 22.6 Å². The van der Waals surface area contributed by atoms with Crippen LogP contribution in [0.15, 0.2) is 35.3 Å². The molecule has 1 saturated heterocycles. The van der Waals surface area contributed by atoms with Crippen LogP contribution in [0.5, 0.6) is 5.75 Å². The molecule has 4 rings (SSSR count). The molecule has 3 heterocycles. The molecule has 2 aromatic heterocycles. The SMILES string of the molecule is COCCn1ccc2c(c1=O)c1cccc(OC)c1n2CCN1CCOCC1. The summed E-state index contributed by atoms with van der Waals surface area (Å²) in [6.45, 7) is 6.19. The highest BCUT2D eigenvalue weighted by atomic mass is 16.5. The molecule has 0 aliphatic carbocycles. The number of fused-ring (bicyclic) bond motifs is 3. The summed E-state index contributed by atoms with van der Waals surface area (Å²) in [5.41, 5.74) is 1.94. The Hall–Kier alpha value is -2.35. The third-order valence-corrected chi connectivity index (χ3v) is 5.47. The standard InChI is InChI=1S/C21H27N3O4/c1-26-13-12-23-7-6-17-19(21(23)25)16-4-3-5-18(27-2)20(16)24(17)9-8-22-10-14-28-15-11-22/h3-7H,8-15H2,1-2H3. The number of ether oxygens (including phenoxy) is 3. The number of morpholine rings is 1. The summed E-state index contributed by atoms with van der Waals surface area (Å²) >= 11 is 0. The Morgan fingerprint density at radius 2 is 1.89 bits per heavy atom. The number of benzene rings is 1. The Labute approximate surface area is 164 Å². The van der Waals surface area contributed by atoms with Gasteiger partial charge in [0.05, 0.1) is 43.4 Å². The van der Waals surface area contributed by atoms with E-state index in [4.69, 9.17) is 14.2 Å². The Balaban J connectivity index is 1.83. The lowest BCUT2D eigenvalue weighted by atomic mass is 10.2. The molecular weight excluding hydrogens is 358 g/mol. The highest BCUT2D eigenvalue weighted by Crippen LogP contribution is 2.33. The summed E-state index contributed by atoms with van der Waals surface area (Å²) in [6.07, 6.45) is 1.86. The van der Waals surface area contributed by atoms with Crippen molar-refractivity contribution < 1.29 is 14.2 Å². The predicted octanol–water partition coefficient (Wildman–Crippen LogP) is 1.94. The minimum Gasteiger partial charge on any atom is -0.495 e. The van der Waals surface area contributed by atoms with Crippen molar-refractivity contribution in [2.24, 2.45) is 0 Å². The van der Waals surface area contributed by atoms with E-state index in [1.165, 1.54) is 0 Å². The van der Waals surface area contributed by atoms with Gasteiger partial charge < -0.3 is 23.3 Å². The first-order chi connectivity index (χ1) is 13.7. The van der Waals surface area contributed by atoms with Gasteiger partial charge in [-0.15, -0.1) is 0 Å². The molecule has 0 bridgehead atoms. The molecular formula is C21H27N3O4. The van der Waals surface area contributed by atoms with Crippen LogP contribution in [0.4, 0.5) is 0 Å².